The molecule has 0 saturated heterocycles. The summed E-state index contributed by atoms with van der Waals surface area (Å²) in [7, 11) is 1.64. The second kappa shape index (κ2) is 8.12. The number of carboxylic acids is 1. The van der Waals surface area contributed by atoms with Crippen LogP contribution in [-0.2, 0) is 4.74 Å². The normalized spacial score (nSPS) is 10.8. The van der Waals surface area contributed by atoms with E-state index >= 15 is 0 Å². The third kappa shape index (κ3) is 4.12. The number of ether oxygens (including phenoxy) is 1. The van der Waals surface area contributed by atoms with Crippen molar-refractivity contribution in [2.24, 2.45) is 0 Å². The number of hydrogen-bond acceptors (Lipinski definition) is 3. The van der Waals surface area contributed by atoms with Gasteiger partial charge in [0.1, 0.15) is 0 Å². The number of nitrogens with zero attached hydrogens (tertiary/aromatic N) is 1. The van der Waals surface area contributed by atoms with Crippen molar-refractivity contribution in [1.82, 2.24) is 0 Å². The summed E-state index contributed by atoms with van der Waals surface area (Å²) in [6.45, 7) is 5.38. The zero-order valence-corrected chi connectivity index (χ0v) is 13.0. The van der Waals surface area contributed by atoms with Crippen molar-refractivity contribution >= 4 is 23.3 Å². The summed E-state index contributed by atoms with van der Waals surface area (Å²) in [4.78, 5) is 13.5. The van der Waals surface area contributed by atoms with Crippen molar-refractivity contribution in [2.45, 2.75) is 32.7 Å². The number of rotatable bonds is 8. The molecule has 0 atom stereocenters. The first kappa shape index (κ1) is 16.8. The molecule has 0 amide bonds. The van der Waals surface area contributed by atoms with Crippen LogP contribution in [0.3, 0.4) is 0 Å². The molecule has 0 spiro atoms. The lowest BCUT2D eigenvalue weighted by Gasteiger charge is -2.33. The van der Waals surface area contributed by atoms with Crippen LogP contribution in [0.25, 0.3) is 0 Å². The molecule has 0 aliphatic heterocycles. The van der Waals surface area contributed by atoms with Crippen molar-refractivity contribution in [3.05, 3.63) is 28.8 Å². The van der Waals surface area contributed by atoms with Crippen molar-refractivity contribution in [3.8, 4) is 0 Å². The van der Waals surface area contributed by atoms with Gasteiger partial charge in [0.05, 0.1) is 17.9 Å². The molecule has 1 aromatic rings. The summed E-state index contributed by atoms with van der Waals surface area (Å²) in [5.41, 5.74) is 0.938. The Morgan fingerprint density at radius 2 is 2.05 bits per heavy atom. The minimum absolute atomic E-state index is 0.265. The molecule has 0 heterocycles. The maximum Gasteiger partial charge on any atom is 0.337 e. The molecule has 0 aromatic heterocycles. The van der Waals surface area contributed by atoms with Crippen LogP contribution in [-0.4, -0.2) is 37.4 Å². The predicted molar refractivity (Wildman–Crippen MR) is 82.0 cm³/mol. The zero-order chi connectivity index (χ0) is 15.1. The Hall–Kier alpha value is -1.26. The quantitative estimate of drug-likeness (QED) is 0.795. The molecular weight excluding hydrogens is 278 g/mol. The van der Waals surface area contributed by atoms with Gasteiger partial charge in [-0.15, -0.1) is 0 Å². The van der Waals surface area contributed by atoms with Gasteiger partial charge in [0, 0.05) is 24.7 Å². The summed E-state index contributed by atoms with van der Waals surface area (Å²) in [6, 6.07) is 5.15. The summed E-state index contributed by atoms with van der Waals surface area (Å²) in [5.74, 6) is -0.940. The number of carbonyl (C=O) groups is 1. The van der Waals surface area contributed by atoms with Gasteiger partial charge in [0.15, 0.2) is 0 Å². The molecule has 1 rings (SSSR count). The van der Waals surface area contributed by atoms with E-state index in [0.29, 0.717) is 23.9 Å². The van der Waals surface area contributed by atoms with E-state index in [9.17, 15) is 9.90 Å². The van der Waals surface area contributed by atoms with Gasteiger partial charge in [0.2, 0.25) is 0 Å². The van der Waals surface area contributed by atoms with Crippen molar-refractivity contribution in [3.63, 3.8) is 0 Å². The van der Waals surface area contributed by atoms with E-state index in [1.165, 1.54) is 0 Å². The first-order valence-corrected chi connectivity index (χ1v) is 7.21. The Bertz CT molecular complexity index is 447. The minimum Gasteiger partial charge on any atom is -0.478 e. The van der Waals surface area contributed by atoms with E-state index in [-0.39, 0.29) is 11.6 Å². The molecule has 1 aromatic carbocycles. The summed E-state index contributed by atoms with van der Waals surface area (Å²) < 4.78 is 5.14. The van der Waals surface area contributed by atoms with Gasteiger partial charge in [-0.3, -0.25) is 0 Å². The number of anilines is 1. The standard InChI is InChI=1S/C15H22ClNO3/c1-4-12(5-2)17(8-9-20-3)14-10-11(16)6-7-13(14)15(18)19/h6-7,10,12H,4-5,8-9H2,1-3H3,(H,18,19). The van der Waals surface area contributed by atoms with Crippen LogP contribution in [0.15, 0.2) is 18.2 Å². The van der Waals surface area contributed by atoms with Crippen LogP contribution in [0.4, 0.5) is 5.69 Å². The van der Waals surface area contributed by atoms with Gasteiger partial charge >= 0.3 is 5.97 Å². The largest absolute Gasteiger partial charge is 0.478 e. The third-order valence-electron chi connectivity index (χ3n) is 3.42. The second-order valence-corrected chi connectivity index (χ2v) is 5.06. The topological polar surface area (TPSA) is 49.8 Å². The molecule has 4 nitrogen and oxygen atoms in total. The lowest BCUT2D eigenvalue weighted by Crippen LogP contribution is -2.38. The van der Waals surface area contributed by atoms with Crippen LogP contribution in [0.2, 0.25) is 5.02 Å². The zero-order valence-electron chi connectivity index (χ0n) is 12.2. The summed E-state index contributed by atoms with van der Waals surface area (Å²) >= 11 is 6.04. The number of aromatic carboxylic acids is 1. The lowest BCUT2D eigenvalue weighted by atomic mass is 10.1. The minimum atomic E-state index is -0.940. The molecule has 0 aliphatic carbocycles. The third-order valence-corrected chi connectivity index (χ3v) is 3.65. The second-order valence-electron chi connectivity index (χ2n) is 4.62. The number of hydrogen-bond donors (Lipinski definition) is 1. The van der Waals surface area contributed by atoms with Crippen molar-refractivity contribution in [2.75, 3.05) is 25.2 Å². The Kier molecular flexibility index (Phi) is 6.82. The highest BCUT2D eigenvalue weighted by Crippen LogP contribution is 2.28. The molecule has 0 bridgehead atoms. The average molecular weight is 300 g/mol. The number of methoxy groups -OCH3 is 1. The highest BCUT2D eigenvalue weighted by Gasteiger charge is 2.21. The Morgan fingerprint density at radius 3 is 2.55 bits per heavy atom. The lowest BCUT2D eigenvalue weighted by molar-refractivity contribution is 0.0697. The highest BCUT2D eigenvalue weighted by atomic mass is 35.5. The fraction of sp³-hybridized carbons (Fsp3) is 0.533. The van der Waals surface area contributed by atoms with Gasteiger partial charge in [-0.05, 0) is 31.0 Å². The highest BCUT2D eigenvalue weighted by molar-refractivity contribution is 6.31. The predicted octanol–water partition coefficient (Wildman–Crippen LogP) is 3.68. The molecule has 0 radical (unpaired) electrons. The molecule has 0 unspecified atom stereocenters. The number of benzene rings is 1. The van der Waals surface area contributed by atoms with Gasteiger partial charge in [-0.1, -0.05) is 25.4 Å². The fourth-order valence-corrected chi connectivity index (χ4v) is 2.51. The smallest absolute Gasteiger partial charge is 0.337 e. The maximum absolute atomic E-state index is 11.4. The Labute approximate surface area is 125 Å². The molecule has 20 heavy (non-hydrogen) atoms. The van der Waals surface area contributed by atoms with Crippen LogP contribution >= 0.6 is 11.6 Å². The first-order valence-electron chi connectivity index (χ1n) is 6.83. The fourth-order valence-electron chi connectivity index (χ4n) is 2.34. The van der Waals surface area contributed by atoms with Crippen LogP contribution in [0.1, 0.15) is 37.0 Å². The van der Waals surface area contributed by atoms with Crippen molar-refractivity contribution < 1.29 is 14.6 Å². The number of halogens is 1. The molecule has 0 fully saturated rings. The van der Waals surface area contributed by atoms with E-state index in [4.69, 9.17) is 16.3 Å². The molecule has 5 heteroatoms. The van der Waals surface area contributed by atoms with Crippen LogP contribution in [0.5, 0.6) is 0 Å². The Morgan fingerprint density at radius 1 is 1.40 bits per heavy atom. The van der Waals surface area contributed by atoms with E-state index in [1.54, 1.807) is 25.3 Å². The number of carboxylic acid groups (broad SMARTS) is 1. The van der Waals surface area contributed by atoms with Gasteiger partial charge in [-0.2, -0.15) is 0 Å². The monoisotopic (exact) mass is 299 g/mol. The molecular formula is C15H22ClNO3. The van der Waals surface area contributed by atoms with Gasteiger partial charge in [0.25, 0.3) is 0 Å². The van der Waals surface area contributed by atoms with Gasteiger partial charge in [-0.25, -0.2) is 4.79 Å². The molecule has 0 aliphatic rings. The van der Waals surface area contributed by atoms with Gasteiger partial charge < -0.3 is 14.7 Å². The average Bonchev–Trinajstić information content (AvgIpc) is 2.43. The SMILES string of the molecule is CCC(CC)N(CCOC)c1cc(Cl)ccc1C(=O)O. The van der Waals surface area contributed by atoms with E-state index in [2.05, 4.69) is 18.7 Å². The van der Waals surface area contributed by atoms with Crippen LogP contribution < -0.4 is 4.90 Å². The van der Waals surface area contributed by atoms with E-state index in [1.807, 2.05) is 0 Å². The summed E-state index contributed by atoms with van der Waals surface area (Å²) in [5, 5.41) is 9.90. The maximum atomic E-state index is 11.4. The first-order chi connectivity index (χ1) is 9.54. The molecule has 0 saturated carbocycles. The molecule has 112 valence electrons. The van der Waals surface area contributed by atoms with E-state index < -0.39 is 5.97 Å². The van der Waals surface area contributed by atoms with E-state index in [0.717, 1.165) is 12.8 Å². The van der Waals surface area contributed by atoms with Crippen LogP contribution in [0, 0.1) is 0 Å². The molecule has 1 N–H and O–H groups in total. The summed E-state index contributed by atoms with van der Waals surface area (Å²) in [6.07, 6.45) is 1.87. The Balaban J connectivity index is 3.23. The van der Waals surface area contributed by atoms with Crippen molar-refractivity contribution in [1.29, 1.82) is 0 Å².